The quantitative estimate of drug-likeness (QED) is 0.0233. The lowest BCUT2D eigenvalue weighted by Crippen LogP contribution is -2.61. The normalized spacial score (nSPS) is 14.9. The van der Waals surface area contributed by atoms with E-state index in [1.54, 1.807) is 18.3 Å². The number of carbonyl (C=O) groups is 8. The number of hydrogen-bond acceptors (Lipinski definition) is 14. The van der Waals surface area contributed by atoms with Crippen LogP contribution in [0.5, 0.6) is 5.75 Å². The molecule has 21 nitrogen and oxygen atoms in total. The first-order valence-corrected chi connectivity index (χ1v) is 25.7. The predicted octanol–water partition coefficient (Wildman–Crippen LogP) is -0.477. The number of aliphatic hydroxyl groups excluding tert-OH is 1. The number of benzene rings is 3. The number of aromatic amines is 1. The average molecular weight is 1060 g/mol. The van der Waals surface area contributed by atoms with Gasteiger partial charge in [-0.3, -0.25) is 38.4 Å². The standard InChI is InChI=1S/C51H71N11O10S2/c1-28(2)21-38(47(68)61-42(27-74)51(72)62-43(29(3)63)44(54)65)57-46(67)37(15-9-10-20-52)56-49(70)40(24-32-25-55-36-14-8-7-13-34(32)36)59-48(69)39(23-31-16-18-33(64)19-17-31)58-50(71)41(26-73)60-45(66)35(53)22-30-11-5-4-6-12-30/h4-8,11-14,16-19,25,28-29,35,37-43,55,63-64,73-74H,9-10,15,20-24,26-27,52-53H2,1-3H3,(H2,54,65)(H,56,70)(H,57,67)(H,58,71)(H,59,69)(H,60,66)(H,61,68)(H,62,72)/t29-,35-,37+,38+,39+,40-,41+,42+,43+/m1/s1. The molecule has 4 rings (SSSR count). The van der Waals surface area contributed by atoms with Gasteiger partial charge in [0.25, 0.3) is 0 Å². The SMILES string of the molecule is CC(C)C[C@H](NC(=O)[C@H](CCCCN)NC(=O)[C@@H](Cc1c[nH]c2ccccc12)NC(=O)[C@H](Cc1ccc(O)cc1)NC(=O)[C@H](CS)NC(=O)[C@H](N)Cc1ccccc1)C(=O)N[C@@H](CS)C(=O)N[C@H](C(N)=O)[C@@H](C)O. The summed E-state index contributed by atoms with van der Waals surface area (Å²) in [6.45, 7) is 5.14. The number of thiol groups is 2. The van der Waals surface area contributed by atoms with Gasteiger partial charge in [-0.05, 0) is 86.4 Å². The number of primary amides is 1. The molecule has 0 aliphatic rings. The Hall–Kier alpha value is -6.66. The third kappa shape index (κ3) is 18.7. The molecular weight excluding hydrogens is 991 g/mol. The maximum Gasteiger partial charge on any atom is 0.244 e. The van der Waals surface area contributed by atoms with Crippen molar-refractivity contribution in [3.05, 3.63) is 102 Å². The number of rotatable bonds is 30. The van der Waals surface area contributed by atoms with Crippen LogP contribution >= 0.6 is 25.3 Å². The summed E-state index contributed by atoms with van der Waals surface area (Å²) in [5.74, 6) is -7.03. The number of para-hydroxylation sites is 1. The van der Waals surface area contributed by atoms with Crippen molar-refractivity contribution >= 4 is 83.4 Å². The van der Waals surface area contributed by atoms with E-state index in [1.165, 1.54) is 19.1 Å². The molecule has 3 aromatic carbocycles. The lowest BCUT2D eigenvalue weighted by Gasteiger charge is -2.28. The predicted molar refractivity (Wildman–Crippen MR) is 286 cm³/mol. The monoisotopic (exact) mass is 1060 g/mol. The van der Waals surface area contributed by atoms with Gasteiger partial charge in [-0.25, -0.2) is 0 Å². The van der Waals surface area contributed by atoms with E-state index >= 15 is 0 Å². The Morgan fingerprint density at radius 3 is 1.65 bits per heavy atom. The molecule has 0 fully saturated rings. The highest BCUT2D eigenvalue weighted by Gasteiger charge is 2.35. The number of aromatic nitrogens is 1. The zero-order valence-electron chi connectivity index (χ0n) is 41.7. The highest BCUT2D eigenvalue weighted by atomic mass is 32.1. The number of aliphatic hydroxyl groups is 1. The number of aromatic hydroxyl groups is 1. The van der Waals surface area contributed by atoms with E-state index in [1.807, 2.05) is 68.4 Å². The molecule has 16 N–H and O–H groups in total. The fraction of sp³-hybridized carbons (Fsp3) is 0.451. The van der Waals surface area contributed by atoms with E-state index < -0.39 is 102 Å². The summed E-state index contributed by atoms with van der Waals surface area (Å²) >= 11 is 8.51. The van der Waals surface area contributed by atoms with E-state index in [4.69, 9.17) is 17.2 Å². The first kappa shape index (κ1) is 59.9. The van der Waals surface area contributed by atoms with Crippen molar-refractivity contribution in [1.29, 1.82) is 0 Å². The van der Waals surface area contributed by atoms with Crippen LogP contribution < -0.4 is 54.4 Å². The van der Waals surface area contributed by atoms with Crippen molar-refractivity contribution in [3.63, 3.8) is 0 Å². The Morgan fingerprint density at radius 1 is 0.581 bits per heavy atom. The first-order valence-electron chi connectivity index (χ1n) is 24.4. The number of hydrogen-bond donors (Lipinski definition) is 15. The molecule has 0 saturated carbocycles. The molecule has 23 heteroatoms. The number of phenolic OH excluding ortho intramolecular Hbond substituents is 1. The zero-order valence-corrected chi connectivity index (χ0v) is 43.5. The van der Waals surface area contributed by atoms with E-state index in [2.05, 4.69) is 67.5 Å². The molecule has 0 bridgehead atoms. The molecule has 0 spiro atoms. The number of H-pyrrole nitrogens is 1. The van der Waals surface area contributed by atoms with Crippen LogP contribution in [-0.2, 0) is 57.6 Å². The molecular formula is C51H71N11O10S2. The average Bonchev–Trinajstić information content (AvgIpc) is 3.78. The Labute approximate surface area is 441 Å². The molecule has 1 aromatic heterocycles. The van der Waals surface area contributed by atoms with Crippen LogP contribution in [0.25, 0.3) is 10.9 Å². The molecule has 9 atom stereocenters. The number of fused-ring (bicyclic) bond motifs is 1. The molecule has 1 heterocycles. The van der Waals surface area contributed by atoms with E-state index in [9.17, 15) is 48.6 Å². The molecule has 8 amide bonds. The maximum atomic E-state index is 14.7. The second-order valence-corrected chi connectivity index (χ2v) is 19.2. The molecule has 0 aliphatic heterocycles. The third-order valence-electron chi connectivity index (χ3n) is 12.0. The van der Waals surface area contributed by atoms with Crippen LogP contribution in [-0.4, -0.2) is 135 Å². The summed E-state index contributed by atoms with van der Waals surface area (Å²) in [7, 11) is 0. The molecule has 0 saturated heterocycles. The van der Waals surface area contributed by atoms with Gasteiger partial charge >= 0.3 is 0 Å². The lowest BCUT2D eigenvalue weighted by atomic mass is 10.00. The summed E-state index contributed by atoms with van der Waals surface area (Å²) in [6.07, 6.45) is 1.26. The molecule has 0 radical (unpaired) electrons. The van der Waals surface area contributed by atoms with Crippen molar-refractivity contribution in [1.82, 2.24) is 42.2 Å². The van der Waals surface area contributed by atoms with Crippen molar-refractivity contribution in [2.24, 2.45) is 23.1 Å². The molecule has 402 valence electrons. The number of unbranched alkanes of at least 4 members (excludes halogenated alkanes) is 1. The smallest absolute Gasteiger partial charge is 0.244 e. The Balaban J connectivity index is 1.64. The number of nitrogens with one attached hydrogen (secondary N) is 8. The lowest BCUT2D eigenvalue weighted by molar-refractivity contribution is -0.136. The van der Waals surface area contributed by atoms with Crippen LogP contribution in [0, 0.1) is 5.92 Å². The van der Waals surface area contributed by atoms with Crippen LogP contribution in [0.3, 0.4) is 0 Å². The van der Waals surface area contributed by atoms with Crippen molar-refractivity contribution in [2.45, 2.75) is 120 Å². The van der Waals surface area contributed by atoms with Crippen LogP contribution in [0.1, 0.15) is 63.1 Å². The van der Waals surface area contributed by atoms with Gasteiger partial charge in [-0.1, -0.05) is 74.5 Å². The summed E-state index contributed by atoms with van der Waals surface area (Å²) < 4.78 is 0. The largest absolute Gasteiger partial charge is 0.508 e. The number of nitrogens with two attached hydrogens (primary N) is 3. The molecule has 4 aromatic rings. The third-order valence-corrected chi connectivity index (χ3v) is 12.7. The number of amides is 8. The fourth-order valence-corrected chi connectivity index (χ4v) is 8.46. The highest BCUT2D eigenvalue weighted by molar-refractivity contribution is 7.80. The molecule has 0 aliphatic carbocycles. The van der Waals surface area contributed by atoms with Gasteiger partial charge in [0.15, 0.2) is 0 Å². The highest BCUT2D eigenvalue weighted by Crippen LogP contribution is 2.20. The second kappa shape index (κ2) is 29.9. The van der Waals surface area contributed by atoms with Gasteiger partial charge in [0.2, 0.25) is 47.3 Å². The topological polar surface area (TPSA) is 355 Å². The van der Waals surface area contributed by atoms with Gasteiger partial charge < -0.3 is 69.6 Å². The minimum Gasteiger partial charge on any atom is -0.508 e. The van der Waals surface area contributed by atoms with E-state index in [-0.39, 0.29) is 61.8 Å². The van der Waals surface area contributed by atoms with Crippen LogP contribution in [0.2, 0.25) is 0 Å². The summed E-state index contributed by atoms with van der Waals surface area (Å²) in [6, 6.07) is 12.0. The molecule has 74 heavy (non-hydrogen) atoms. The second-order valence-electron chi connectivity index (χ2n) is 18.5. The van der Waals surface area contributed by atoms with E-state index in [0.717, 1.165) is 16.5 Å². The summed E-state index contributed by atoms with van der Waals surface area (Å²) in [5.41, 5.74) is 20.1. The van der Waals surface area contributed by atoms with Gasteiger partial charge in [-0.15, -0.1) is 0 Å². The van der Waals surface area contributed by atoms with Gasteiger partial charge in [0.05, 0.1) is 12.1 Å². The van der Waals surface area contributed by atoms with Crippen LogP contribution in [0.15, 0.2) is 85.1 Å². The van der Waals surface area contributed by atoms with Crippen molar-refractivity contribution in [2.75, 3.05) is 18.1 Å². The zero-order chi connectivity index (χ0) is 54.5. The summed E-state index contributed by atoms with van der Waals surface area (Å²) in [4.78, 5) is 113. The fourth-order valence-electron chi connectivity index (χ4n) is 7.94. The Kier molecular flexibility index (Phi) is 24.2. The van der Waals surface area contributed by atoms with Crippen molar-refractivity contribution < 1.29 is 48.6 Å². The van der Waals surface area contributed by atoms with Crippen LogP contribution in [0.4, 0.5) is 0 Å². The Bertz CT molecular complexity index is 2510. The van der Waals surface area contributed by atoms with Gasteiger partial charge in [0, 0.05) is 41.4 Å². The van der Waals surface area contributed by atoms with Crippen molar-refractivity contribution in [3.8, 4) is 5.75 Å². The minimum atomic E-state index is -1.46. The summed E-state index contributed by atoms with van der Waals surface area (Å²) in [5, 5.41) is 39.2. The maximum absolute atomic E-state index is 14.7. The number of phenols is 1. The van der Waals surface area contributed by atoms with Gasteiger partial charge in [-0.2, -0.15) is 25.3 Å². The van der Waals surface area contributed by atoms with E-state index in [0.29, 0.717) is 24.0 Å². The first-order chi connectivity index (χ1) is 35.2. The molecule has 0 unspecified atom stereocenters. The van der Waals surface area contributed by atoms with Gasteiger partial charge in [0.1, 0.15) is 48.0 Å². The number of carbonyl (C=O) groups excluding carboxylic acids is 8. The minimum absolute atomic E-state index is 0.0434. The Morgan fingerprint density at radius 2 is 1.07 bits per heavy atom.